The molecule has 0 saturated heterocycles. The molecule has 0 saturated carbocycles. The predicted molar refractivity (Wildman–Crippen MR) is 80.1 cm³/mol. The fraction of sp³-hybridized carbons (Fsp3) is 0.875. The Morgan fingerprint density at radius 3 is 2.05 bits per heavy atom. The van der Waals surface area contributed by atoms with E-state index in [0.29, 0.717) is 6.42 Å². The van der Waals surface area contributed by atoms with Gasteiger partial charge in [-0.05, 0) is 12.8 Å². The van der Waals surface area contributed by atoms with Gasteiger partial charge < -0.3 is 10.1 Å². The van der Waals surface area contributed by atoms with E-state index in [1.807, 2.05) is 6.92 Å². The topological polar surface area (TPSA) is 46.2 Å². The number of carbonyl (C=O) groups excluding carboxylic acids is 2. The Kier molecular flexibility index (Phi) is 13.0. The van der Waals surface area contributed by atoms with E-state index in [4.69, 9.17) is 0 Å². The minimum Gasteiger partial charge on any atom is -0.347 e. The summed E-state index contributed by atoms with van der Waals surface area (Å²) in [6, 6.07) is -0.286. The number of nitrogens with one attached hydrogen (secondary N) is 1. The maximum Gasteiger partial charge on any atom is 0.220 e. The van der Waals surface area contributed by atoms with E-state index in [0.717, 1.165) is 32.0 Å². The molecule has 0 aromatic carbocycles. The van der Waals surface area contributed by atoms with Crippen molar-refractivity contribution in [2.24, 2.45) is 0 Å². The summed E-state index contributed by atoms with van der Waals surface area (Å²) in [5, 5.41) is 2.78. The second-order valence-corrected chi connectivity index (χ2v) is 5.32. The number of carbonyl (C=O) groups is 2. The van der Waals surface area contributed by atoms with Crippen LogP contribution in [-0.4, -0.2) is 18.2 Å². The molecule has 0 rings (SSSR count). The smallest absolute Gasteiger partial charge is 0.220 e. The van der Waals surface area contributed by atoms with E-state index in [2.05, 4.69) is 12.2 Å². The first-order valence-corrected chi connectivity index (χ1v) is 7.99. The maximum atomic E-state index is 11.6. The van der Waals surface area contributed by atoms with Gasteiger partial charge in [0.1, 0.15) is 6.29 Å². The number of unbranched alkanes of at least 4 members (excludes halogenated alkanes) is 7. The van der Waals surface area contributed by atoms with E-state index in [-0.39, 0.29) is 11.9 Å². The normalized spacial score (nSPS) is 12.1. The third-order valence-corrected chi connectivity index (χ3v) is 3.37. The van der Waals surface area contributed by atoms with Crippen molar-refractivity contribution in [1.29, 1.82) is 0 Å². The molecule has 0 aliphatic rings. The number of amides is 1. The van der Waals surface area contributed by atoms with Gasteiger partial charge >= 0.3 is 0 Å². The van der Waals surface area contributed by atoms with Gasteiger partial charge in [-0.25, -0.2) is 0 Å². The van der Waals surface area contributed by atoms with Crippen LogP contribution in [0.4, 0.5) is 0 Å². The van der Waals surface area contributed by atoms with Crippen molar-refractivity contribution < 1.29 is 9.59 Å². The zero-order valence-electron chi connectivity index (χ0n) is 12.7. The Morgan fingerprint density at radius 2 is 1.53 bits per heavy atom. The van der Waals surface area contributed by atoms with Gasteiger partial charge in [-0.2, -0.15) is 0 Å². The average Bonchev–Trinajstić information content (AvgIpc) is 2.41. The molecule has 0 radical (unpaired) electrons. The van der Waals surface area contributed by atoms with E-state index in [9.17, 15) is 9.59 Å². The Morgan fingerprint density at radius 1 is 0.947 bits per heavy atom. The van der Waals surface area contributed by atoms with Crippen molar-refractivity contribution in [1.82, 2.24) is 5.32 Å². The van der Waals surface area contributed by atoms with Gasteiger partial charge in [0.2, 0.25) is 5.91 Å². The SMILES string of the molecule is CCCCCCCCCCC(=O)NC(C=O)CCC. The molecule has 1 N–H and O–H groups in total. The van der Waals surface area contributed by atoms with Crippen molar-refractivity contribution in [2.75, 3.05) is 0 Å². The lowest BCUT2D eigenvalue weighted by atomic mass is 10.1. The molecule has 0 aliphatic heterocycles. The molecule has 0 aromatic heterocycles. The van der Waals surface area contributed by atoms with E-state index in [1.165, 1.54) is 38.5 Å². The number of rotatable bonds is 13. The molecule has 112 valence electrons. The summed E-state index contributed by atoms with van der Waals surface area (Å²) >= 11 is 0. The van der Waals surface area contributed by atoms with E-state index >= 15 is 0 Å². The van der Waals surface area contributed by atoms with Crippen LogP contribution in [0.15, 0.2) is 0 Å². The van der Waals surface area contributed by atoms with Crippen LogP contribution in [0.3, 0.4) is 0 Å². The first kappa shape index (κ1) is 18.1. The average molecular weight is 269 g/mol. The number of aldehydes is 1. The van der Waals surface area contributed by atoms with Gasteiger partial charge in [-0.1, -0.05) is 65.2 Å². The summed E-state index contributed by atoms with van der Waals surface area (Å²) in [6.45, 7) is 4.24. The van der Waals surface area contributed by atoms with Gasteiger partial charge in [0.05, 0.1) is 6.04 Å². The monoisotopic (exact) mass is 269 g/mol. The van der Waals surface area contributed by atoms with Crippen LogP contribution in [-0.2, 0) is 9.59 Å². The minimum absolute atomic E-state index is 0.0246. The Hall–Kier alpha value is -0.860. The van der Waals surface area contributed by atoms with Crippen LogP contribution in [0.5, 0.6) is 0 Å². The fourth-order valence-electron chi connectivity index (χ4n) is 2.18. The van der Waals surface area contributed by atoms with Crippen molar-refractivity contribution in [3.05, 3.63) is 0 Å². The van der Waals surface area contributed by atoms with Crippen LogP contribution in [0.1, 0.15) is 84.5 Å². The number of hydrogen-bond donors (Lipinski definition) is 1. The fourth-order valence-corrected chi connectivity index (χ4v) is 2.18. The second-order valence-electron chi connectivity index (χ2n) is 5.32. The molecular formula is C16H31NO2. The van der Waals surface area contributed by atoms with Crippen molar-refractivity contribution in [2.45, 2.75) is 90.5 Å². The van der Waals surface area contributed by atoms with Crippen LogP contribution >= 0.6 is 0 Å². The molecular weight excluding hydrogens is 238 g/mol. The molecule has 0 heterocycles. The summed E-state index contributed by atoms with van der Waals surface area (Å²) in [6.07, 6.45) is 12.9. The zero-order valence-corrected chi connectivity index (χ0v) is 12.7. The molecule has 0 aliphatic carbocycles. The van der Waals surface area contributed by atoms with Crippen LogP contribution < -0.4 is 5.32 Å². The highest BCUT2D eigenvalue weighted by Crippen LogP contribution is 2.09. The van der Waals surface area contributed by atoms with Gasteiger partial charge in [0.15, 0.2) is 0 Å². The highest BCUT2D eigenvalue weighted by molar-refractivity contribution is 5.79. The Balaban J connectivity index is 3.40. The lowest BCUT2D eigenvalue weighted by Crippen LogP contribution is -2.35. The summed E-state index contributed by atoms with van der Waals surface area (Å²) in [4.78, 5) is 22.3. The standard InChI is InChI=1S/C16H31NO2/c1-3-5-6-7-8-9-10-11-13-16(19)17-15(14-18)12-4-2/h14-15H,3-13H2,1-2H3,(H,17,19). The molecule has 0 aromatic rings. The van der Waals surface area contributed by atoms with Gasteiger partial charge in [0, 0.05) is 6.42 Å². The zero-order chi connectivity index (χ0) is 14.3. The van der Waals surface area contributed by atoms with Crippen LogP contribution in [0.25, 0.3) is 0 Å². The maximum absolute atomic E-state index is 11.6. The third-order valence-electron chi connectivity index (χ3n) is 3.37. The van der Waals surface area contributed by atoms with Gasteiger partial charge in [-0.3, -0.25) is 4.79 Å². The first-order chi connectivity index (χ1) is 9.24. The van der Waals surface area contributed by atoms with Gasteiger partial charge in [-0.15, -0.1) is 0 Å². The Bertz CT molecular complexity index is 229. The second kappa shape index (κ2) is 13.6. The summed E-state index contributed by atoms with van der Waals surface area (Å²) < 4.78 is 0. The van der Waals surface area contributed by atoms with Crippen LogP contribution in [0, 0.1) is 0 Å². The number of hydrogen-bond acceptors (Lipinski definition) is 2. The molecule has 3 nitrogen and oxygen atoms in total. The summed E-state index contributed by atoms with van der Waals surface area (Å²) in [7, 11) is 0. The summed E-state index contributed by atoms with van der Waals surface area (Å²) in [5.41, 5.74) is 0. The molecule has 19 heavy (non-hydrogen) atoms. The van der Waals surface area contributed by atoms with Crippen molar-refractivity contribution in [3.8, 4) is 0 Å². The third kappa shape index (κ3) is 11.9. The lowest BCUT2D eigenvalue weighted by molar-refractivity contribution is -0.124. The van der Waals surface area contributed by atoms with Crippen molar-refractivity contribution >= 4 is 12.2 Å². The van der Waals surface area contributed by atoms with Crippen molar-refractivity contribution in [3.63, 3.8) is 0 Å². The summed E-state index contributed by atoms with van der Waals surface area (Å²) in [5.74, 6) is 0.0246. The molecule has 3 heteroatoms. The largest absolute Gasteiger partial charge is 0.347 e. The first-order valence-electron chi connectivity index (χ1n) is 7.99. The molecule has 0 bridgehead atoms. The lowest BCUT2D eigenvalue weighted by Gasteiger charge is -2.11. The van der Waals surface area contributed by atoms with Crippen LogP contribution in [0.2, 0.25) is 0 Å². The molecule has 1 unspecified atom stereocenters. The van der Waals surface area contributed by atoms with Gasteiger partial charge in [0.25, 0.3) is 0 Å². The minimum atomic E-state index is -0.286. The highest BCUT2D eigenvalue weighted by Gasteiger charge is 2.09. The quantitative estimate of drug-likeness (QED) is 0.406. The molecule has 0 spiro atoms. The van der Waals surface area contributed by atoms with E-state index < -0.39 is 0 Å². The Labute approximate surface area is 118 Å². The molecule has 1 atom stereocenters. The molecule has 1 amide bonds. The predicted octanol–water partition coefficient (Wildman–Crippen LogP) is 4.00. The highest BCUT2D eigenvalue weighted by atomic mass is 16.2. The molecule has 0 fully saturated rings. The van der Waals surface area contributed by atoms with E-state index in [1.54, 1.807) is 0 Å².